The van der Waals surface area contributed by atoms with E-state index in [2.05, 4.69) is 15.9 Å². The third-order valence-corrected chi connectivity index (χ3v) is 5.63. The van der Waals surface area contributed by atoms with Crippen molar-refractivity contribution in [2.24, 2.45) is 5.73 Å². The summed E-state index contributed by atoms with van der Waals surface area (Å²) < 4.78 is 12.4. The molecule has 0 unspecified atom stereocenters. The molecule has 0 saturated heterocycles. The lowest BCUT2D eigenvalue weighted by Gasteiger charge is -2.31. The highest BCUT2D eigenvalue weighted by atomic mass is 79.9. The first kappa shape index (κ1) is 25.7. The molecule has 7 heteroatoms. The van der Waals surface area contributed by atoms with Crippen molar-refractivity contribution in [2.75, 3.05) is 13.2 Å². The van der Waals surface area contributed by atoms with Crippen molar-refractivity contribution in [1.29, 1.82) is 5.41 Å². The third kappa shape index (κ3) is 7.55. The number of halogens is 1. The molecule has 0 fully saturated rings. The number of hydrogen-bond donors (Lipinski definition) is 2. The molecule has 0 aliphatic rings. The Morgan fingerprint density at radius 2 is 1.50 bits per heavy atom. The van der Waals surface area contributed by atoms with Crippen LogP contribution in [0, 0.1) is 5.41 Å². The molecule has 6 nitrogen and oxygen atoms in total. The maximum absolute atomic E-state index is 12.8. The number of carbonyl (C=O) groups excluding carboxylic acids is 1. The van der Waals surface area contributed by atoms with Crippen LogP contribution < -0.4 is 15.2 Å². The van der Waals surface area contributed by atoms with E-state index < -0.39 is 0 Å². The summed E-state index contributed by atoms with van der Waals surface area (Å²) in [7, 11) is 0. The molecular weight excluding hydrogens is 470 g/mol. The summed E-state index contributed by atoms with van der Waals surface area (Å²) in [6.45, 7) is 9.34. The van der Waals surface area contributed by atoms with Gasteiger partial charge in [-0.25, -0.2) is 0 Å². The van der Waals surface area contributed by atoms with E-state index in [4.69, 9.17) is 20.6 Å². The molecule has 174 valence electrons. The highest BCUT2D eigenvalue weighted by Crippen LogP contribution is 2.27. The molecule has 2 aromatic carbocycles. The van der Waals surface area contributed by atoms with Gasteiger partial charge in [-0.1, -0.05) is 0 Å². The standard InChI is InChI=1S/C25H34BrN3O3/c1-17(2)29(18(3)4)25(30)20-10-13-23(22(26)16-20)32-15-7-5-6-14-31-21-11-8-19(9-12-21)24(27)28/h8-13,16-18H,5-7,14-15H2,1-4H3,(H3,27,28). The van der Waals surface area contributed by atoms with Crippen molar-refractivity contribution in [3.8, 4) is 11.5 Å². The molecule has 0 heterocycles. The molecule has 0 aromatic heterocycles. The highest BCUT2D eigenvalue weighted by Gasteiger charge is 2.22. The van der Waals surface area contributed by atoms with Crippen LogP contribution in [0.15, 0.2) is 46.9 Å². The van der Waals surface area contributed by atoms with Crippen LogP contribution in [0.2, 0.25) is 0 Å². The second kappa shape index (κ2) is 12.5. The lowest BCUT2D eigenvalue weighted by Crippen LogP contribution is -2.42. The third-order valence-electron chi connectivity index (χ3n) is 5.01. The average Bonchev–Trinajstić information content (AvgIpc) is 2.73. The van der Waals surface area contributed by atoms with Crippen molar-refractivity contribution in [3.05, 3.63) is 58.1 Å². The van der Waals surface area contributed by atoms with Crippen LogP contribution in [0.4, 0.5) is 0 Å². The van der Waals surface area contributed by atoms with Crippen LogP contribution in [-0.2, 0) is 0 Å². The summed E-state index contributed by atoms with van der Waals surface area (Å²) in [4.78, 5) is 14.7. The lowest BCUT2D eigenvalue weighted by molar-refractivity contribution is 0.0643. The maximum atomic E-state index is 12.8. The summed E-state index contributed by atoms with van der Waals surface area (Å²) in [6, 6.07) is 13.0. The molecule has 0 spiro atoms. The smallest absolute Gasteiger partial charge is 0.254 e. The average molecular weight is 504 g/mol. The van der Waals surface area contributed by atoms with Gasteiger partial charge in [-0.15, -0.1) is 0 Å². The van der Waals surface area contributed by atoms with Crippen LogP contribution >= 0.6 is 15.9 Å². The van der Waals surface area contributed by atoms with E-state index in [1.165, 1.54) is 0 Å². The topological polar surface area (TPSA) is 88.6 Å². The SMILES string of the molecule is CC(C)N(C(=O)c1ccc(OCCCCCOc2ccc(C(=N)N)cc2)c(Br)c1)C(C)C. The maximum Gasteiger partial charge on any atom is 0.254 e. The summed E-state index contributed by atoms with van der Waals surface area (Å²) in [5, 5.41) is 7.40. The van der Waals surface area contributed by atoms with E-state index >= 15 is 0 Å². The van der Waals surface area contributed by atoms with Crippen LogP contribution in [0.1, 0.15) is 62.9 Å². The molecular formula is C25H34BrN3O3. The number of nitrogens with one attached hydrogen (secondary N) is 1. The zero-order chi connectivity index (χ0) is 23.7. The summed E-state index contributed by atoms with van der Waals surface area (Å²) in [5.74, 6) is 1.60. The molecule has 1 amide bonds. The summed E-state index contributed by atoms with van der Waals surface area (Å²) >= 11 is 3.54. The van der Waals surface area contributed by atoms with Gasteiger partial charge >= 0.3 is 0 Å². The van der Waals surface area contributed by atoms with Crippen LogP contribution in [-0.4, -0.2) is 41.9 Å². The van der Waals surface area contributed by atoms with Gasteiger partial charge in [0.25, 0.3) is 5.91 Å². The predicted octanol–water partition coefficient (Wildman–Crippen LogP) is 5.62. The van der Waals surface area contributed by atoms with E-state index in [0.29, 0.717) is 24.3 Å². The Hall–Kier alpha value is -2.54. The Morgan fingerprint density at radius 3 is 2.03 bits per heavy atom. The number of benzene rings is 2. The van der Waals surface area contributed by atoms with Gasteiger partial charge in [0.15, 0.2) is 0 Å². The number of carbonyl (C=O) groups is 1. The van der Waals surface area contributed by atoms with Gasteiger partial charge in [-0.2, -0.15) is 0 Å². The minimum absolute atomic E-state index is 0.0261. The molecule has 2 aromatic rings. The van der Waals surface area contributed by atoms with E-state index in [9.17, 15) is 4.79 Å². The summed E-state index contributed by atoms with van der Waals surface area (Å²) in [6.07, 6.45) is 2.82. The molecule has 0 aliphatic carbocycles. The quantitative estimate of drug-likeness (QED) is 0.223. The Morgan fingerprint density at radius 1 is 0.938 bits per heavy atom. The molecule has 3 N–H and O–H groups in total. The zero-order valence-corrected chi connectivity index (χ0v) is 20.9. The molecule has 2 rings (SSSR count). The van der Waals surface area contributed by atoms with E-state index in [-0.39, 0.29) is 23.8 Å². The Bertz CT molecular complexity index is 890. The van der Waals surface area contributed by atoms with Crippen molar-refractivity contribution >= 4 is 27.7 Å². The largest absolute Gasteiger partial charge is 0.494 e. The van der Waals surface area contributed by atoms with Gasteiger partial charge in [0, 0.05) is 23.2 Å². The molecule has 32 heavy (non-hydrogen) atoms. The zero-order valence-electron chi connectivity index (χ0n) is 19.4. The number of nitrogens with two attached hydrogens (primary N) is 1. The van der Waals surface area contributed by atoms with Crippen molar-refractivity contribution in [1.82, 2.24) is 4.90 Å². The number of nitrogen functional groups attached to an aromatic ring is 1. The Balaban J connectivity index is 1.73. The number of hydrogen-bond acceptors (Lipinski definition) is 4. The van der Waals surface area contributed by atoms with Gasteiger partial charge < -0.3 is 20.1 Å². The van der Waals surface area contributed by atoms with Crippen molar-refractivity contribution < 1.29 is 14.3 Å². The van der Waals surface area contributed by atoms with E-state index in [1.54, 1.807) is 12.1 Å². The number of nitrogens with zero attached hydrogens (tertiary/aromatic N) is 1. The number of amides is 1. The monoisotopic (exact) mass is 503 g/mol. The Kier molecular flexibility index (Phi) is 10.0. The number of amidine groups is 1. The molecule has 0 atom stereocenters. The molecule has 0 radical (unpaired) electrons. The number of unbranched alkanes of at least 4 members (excludes halogenated alkanes) is 2. The van der Waals surface area contributed by atoms with Crippen LogP contribution in [0.25, 0.3) is 0 Å². The second-order valence-corrected chi connectivity index (χ2v) is 9.10. The van der Waals surface area contributed by atoms with Gasteiger partial charge in [0.2, 0.25) is 0 Å². The van der Waals surface area contributed by atoms with Crippen molar-refractivity contribution in [3.63, 3.8) is 0 Å². The van der Waals surface area contributed by atoms with Gasteiger partial charge in [-0.3, -0.25) is 10.2 Å². The predicted molar refractivity (Wildman–Crippen MR) is 133 cm³/mol. The fourth-order valence-electron chi connectivity index (χ4n) is 3.45. The first-order valence-corrected chi connectivity index (χ1v) is 11.8. The fourth-order valence-corrected chi connectivity index (χ4v) is 3.94. The number of ether oxygens (including phenoxy) is 2. The second-order valence-electron chi connectivity index (χ2n) is 8.24. The van der Waals surface area contributed by atoms with E-state index in [1.807, 2.05) is 62.9 Å². The van der Waals surface area contributed by atoms with Crippen molar-refractivity contribution in [2.45, 2.75) is 59.0 Å². The molecule has 0 saturated carbocycles. The van der Waals surface area contributed by atoms with Gasteiger partial charge in [-0.05, 0) is 105 Å². The van der Waals surface area contributed by atoms with Gasteiger partial charge in [0.1, 0.15) is 17.3 Å². The van der Waals surface area contributed by atoms with Crippen LogP contribution in [0.3, 0.4) is 0 Å². The normalized spacial score (nSPS) is 11.0. The minimum atomic E-state index is 0.0261. The van der Waals surface area contributed by atoms with Gasteiger partial charge in [0.05, 0.1) is 17.7 Å². The molecule has 0 bridgehead atoms. The summed E-state index contributed by atoms with van der Waals surface area (Å²) in [5.41, 5.74) is 6.79. The molecule has 0 aliphatic heterocycles. The highest BCUT2D eigenvalue weighted by molar-refractivity contribution is 9.10. The number of rotatable bonds is 12. The van der Waals surface area contributed by atoms with E-state index in [0.717, 1.165) is 35.2 Å². The van der Waals surface area contributed by atoms with Crippen LogP contribution in [0.5, 0.6) is 11.5 Å². The lowest BCUT2D eigenvalue weighted by atomic mass is 10.1. The first-order valence-electron chi connectivity index (χ1n) is 11.0. The fraction of sp³-hybridized carbons (Fsp3) is 0.440. The Labute approximate surface area is 199 Å². The minimum Gasteiger partial charge on any atom is -0.494 e. The first-order chi connectivity index (χ1) is 15.2.